The molecule has 3 fully saturated rings. The lowest BCUT2D eigenvalue weighted by molar-refractivity contribution is 0.0926. The Balaban J connectivity index is 1.56. The van der Waals surface area contributed by atoms with Crippen molar-refractivity contribution in [3.05, 3.63) is 66.3 Å². The van der Waals surface area contributed by atoms with Gasteiger partial charge in [0.25, 0.3) is 0 Å². The molecule has 3 aliphatic rings. The van der Waals surface area contributed by atoms with Crippen LogP contribution in [0.4, 0.5) is 15.9 Å². The molecule has 34 heavy (non-hydrogen) atoms. The molecule has 7 heteroatoms. The van der Waals surface area contributed by atoms with E-state index in [4.69, 9.17) is 11.6 Å². The summed E-state index contributed by atoms with van der Waals surface area (Å²) in [7, 11) is 0. The third-order valence-electron chi connectivity index (χ3n) is 7.83. The Kier molecular flexibility index (Phi) is 5.02. The van der Waals surface area contributed by atoms with Gasteiger partial charge in [-0.2, -0.15) is 0 Å². The SMILES string of the molecule is [C-]#[N+]c1c(-c2c[nH]c3ncncc23)nc(NC2C3CCC(CC3)C2C)c(F)c1-c1ccccc1. The summed E-state index contributed by atoms with van der Waals surface area (Å²) in [6.45, 7) is 10.2. The molecule has 0 spiro atoms. The van der Waals surface area contributed by atoms with E-state index in [1.54, 1.807) is 12.4 Å². The standard InChI is InChI=1S/C27H25FN6/c1-15-16-8-10-18(11-9-16)23(15)33-27-22(28)21(17-6-4-3-5-7-17)25(29-2)24(34-27)19-13-31-26-20(19)12-30-14-32-26/h3-7,12-16,18,23H,8-11H2,1H3,(H,33,34)(H,30,31,32). The summed E-state index contributed by atoms with van der Waals surface area (Å²) < 4.78 is 16.2. The van der Waals surface area contributed by atoms with E-state index in [-0.39, 0.29) is 23.1 Å². The lowest BCUT2D eigenvalue weighted by Gasteiger charge is -2.47. The lowest BCUT2D eigenvalue weighted by Crippen LogP contribution is -2.47. The van der Waals surface area contributed by atoms with Crippen LogP contribution in [0.15, 0.2) is 49.1 Å². The fourth-order valence-electron chi connectivity index (χ4n) is 6.03. The molecule has 0 aliphatic heterocycles. The maximum atomic E-state index is 16.2. The molecular weight excluding hydrogens is 427 g/mol. The van der Waals surface area contributed by atoms with E-state index in [2.05, 4.69) is 32.0 Å². The van der Waals surface area contributed by atoms with Crippen LogP contribution in [-0.4, -0.2) is 26.0 Å². The second kappa shape index (κ2) is 8.21. The van der Waals surface area contributed by atoms with Gasteiger partial charge in [0.2, 0.25) is 5.69 Å². The van der Waals surface area contributed by atoms with Crippen LogP contribution in [0.3, 0.4) is 0 Å². The summed E-state index contributed by atoms with van der Waals surface area (Å²) in [5.41, 5.74) is 2.92. The minimum absolute atomic E-state index is 0.177. The summed E-state index contributed by atoms with van der Waals surface area (Å²) in [5.74, 6) is 1.40. The normalized spacial score (nSPS) is 23.7. The third-order valence-corrected chi connectivity index (χ3v) is 7.83. The Morgan fingerprint density at radius 1 is 1.12 bits per heavy atom. The van der Waals surface area contributed by atoms with Crippen molar-refractivity contribution < 1.29 is 4.39 Å². The molecule has 2 unspecified atom stereocenters. The molecule has 1 aromatic carbocycles. The number of anilines is 1. The molecule has 7 rings (SSSR count). The van der Waals surface area contributed by atoms with Gasteiger partial charge in [0, 0.05) is 34.9 Å². The van der Waals surface area contributed by atoms with Gasteiger partial charge in [-0.15, -0.1) is 0 Å². The Hall–Kier alpha value is -3.79. The number of benzene rings is 1. The van der Waals surface area contributed by atoms with Crippen LogP contribution in [0.25, 0.3) is 38.3 Å². The van der Waals surface area contributed by atoms with Crippen molar-refractivity contribution in [2.75, 3.05) is 5.32 Å². The van der Waals surface area contributed by atoms with E-state index in [0.717, 1.165) is 5.39 Å². The minimum Gasteiger partial charge on any atom is -0.364 e. The first-order valence-electron chi connectivity index (χ1n) is 11.9. The fraction of sp³-hybridized carbons (Fsp3) is 0.333. The van der Waals surface area contributed by atoms with Crippen molar-refractivity contribution >= 4 is 22.5 Å². The fourth-order valence-corrected chi connectivity index (χ4v) is 6.03. The van der Waals surface area contributed by atoms with Gasteiger partial charge >= 0.3 is 0 Å². The molecule has 3 saturated carbocycles. The molecule has 170 valence electrons. The quantitative estimate of drug-likeness (QED) is 0.342. The first-order valence-corrected chi connectivity index (χ1v) is 11.9. The van der Waals surface area contributed by atoms with Gasteiger partial charge in [0.05, 0.1) is 12.3 Å². The summed E-state index contributed by atoms with van der Waals surface area (Å²) >= 11 is 0. The second-order valence-electron chi connectivity index (χ2n) is 9.52. The number of rotatable bonds is 4. The van der Waals surface area contributed by atoms with Crippen LogP contribution in [-0.2, 0) is 0 Å². The molecule has 3 aromatic heterocycles. The topological polar surface area (TPSA) is 70.8 Å². The second-order valence-corrected chi connectivity index (χ2v) is 9.52. The number of hydrogen-bond acceptors (Lipinski definition) is 4. The largest absolute Gasteiger partial charge is 0.364 e. The van der Waals surface area contributed by atoms with E-state index in [1.807, 2.05) is 30.3 Å². The van der Waals surface area contributed by atoms with Crippen LogP contribution in [0.5, 0.6) is 0 Å². The summed E-state index contributed by atoms with van der Waals surface area (Å²) in [4.78, 5) is 20.1. The molecular formula is C27H25FN6. The van der Waals surface area contributed by atoms with Gasteiger partial charge in [-0.25, -0.2) is 24.2 Å². The zero-order valence-corrected chi connectivity index (χ0v) is 18.9. The van der Waals surface area contributed by atoms with Gasteiger partial charge < -0.3 is 10.3 Å². The average Bonchev–Trinajstić information content (AvgIpc) is 3.31. The molecule has 0 radical (unpaired) electrons. The molecule has 4 aromatic rings. The van der Waals surface area contributed by atoms with Crippen LogP contribution < -0.4 is 5.32 Å². The predicted molar refractivity (Wildman–Crippen MR) is 131 cm³/mol. The number of halogens is 1. The maximum Gasteiger partial charge on any atom is 0.223 e. The summed E-state index contributed by atoms with van der Waals surface area (Å²) in [6, 6.07) is 9.46. The number of pyridine rings is 1. The van der Waals surface area contributed by atoms with E-state index >= 15 is 4.39 Å². The first-order chi connectivity index (χ1) is 16.7. The highest BCUT2D eigenvalue weighted by Crippen LogP contribution is 2.48. The number of nitrogens with zero attached hydrogens (tertiary/aromatic N) is 4. The van der Waals surface area contributed by atoms with Gasteiger partial charge in [-0.1, -0.05) is 37.3 Å². The average molecular weight is 453 g/mol. The van der Waals surface area contributed by atoms with Crippen LogP contribution in [0.1, 0.15) is 32.6 Å². The number of fused-ring (bicyclic) bond motifs is 4. The van der Waals surface area contributed by atoms with Crippen molar-refractivity contribution in [1.82, 2.24) is 19.9 Å². The zero-order chi connectivity index (χ0) is 23.2. The van der Waals surface area contributed by atoms with Crippen molar-refractivity contribution in [1.29, 1.82) is 0 Å². The Morgan fingerprint density at radius 3 is 2.62 bits per heavy atom. The number of H-pyrrole nitrogens is 1. The third kappa shape index (κ3) is 3.25. The molecule has 0 saturated heterocycles. The van der Waals surface area contributed by atoms with Gasteiger partial charge in [-0.3, -0.25) is 0 Å². The van der Waals surface area contributed by atoms with Crippen LogP contribution >= 0.6 is 0 Å². The Labute approximate surface area is 197 Å². The summed E-state index contributed by atoms with van der Waals surface area (Å²) in [6.07, 6.45) is 9.80. The Bertz CT molecular complexity index is 1400. The highest BCUT2D eigenvalue weighted by molar-refractivity contribution is 6.00. The number of nitrogens with one attached hydrogen (secondary N) is 2. The molecule has 2 N–H and O–H groups in total. The molecule has 6 nitrogen and oxygen atoms in total. The maximum absolute atomic E-state index is 16.2. The van der Waals surface area contributed by atoms with E-state index in [1.165, 1.54) is 32.0 Å². The number of hydrogen-bond donors (Lipinski definition) is 2. The monoisotopic (exact) mass is 452 g/mol. The smallest absolute Gasteiger partial charge is 0.223 e. The molecule has 3 heterocycles. The predicted octanol–water partition coefficient (Wildman–Crippen LogP) is 6.61. The van der Waals surface area contributed by atoms with Crippen molar-refractivity contribution in [2.45, 2.75) is 38.6 Å². The summed E-state index contributed by atoms with van der Waals surface area (Å²) in [5, 5.41) is 4.26. The number of aromatic amines is 1. The lowest BCUT2D eigenvalue weighted by atomic mass is 9.62. The highest BCUT2D eigenvalue weighted by Gasteiger charge is 2.42. The zero-order valence-electron chi connectivity index (χ0n) is 18.9. The molecule has 2 bridgehead atoms. The minimum atomic E-state index is -0.467. The van der Waals surface area contributed by atoms with Gasteiger partial charge in [0.15, 0.2) is 11.6 Å². The molecule has 0 amide bonds. The van der Waals surface area contributed by atoms with Crippen molar-refractivity contribution in [2.24, 2.45) is 17.8 Å². The Morgan fingerprint density at radius 2 is 1.88 bits per heavy atom. The molecule has 2 atom stereocenters. The van der Waals surface area contributed by atoms with E-state index in [9.17, 15) is 0 Å². The van der Waals surface area contributed by atoms with E-state index in [0.29, 0.717) is 40.2 Å². The molecule has 3 aliphatic carbocycles. The van der Waals surface area contributed by atoms with Crippen molar-refractivity contribution in [3.63, 3.8) is 0 Å². The van der Waals surface area contributed by atoms with Crippen molar-refractivity contribution in [3.8, 4) is 22.4 Å². The van der Waals surface area contributed by atoms with E-state index < -0.39 is 5.82 Å². The van der Waals surface area contributed by atoms with Crippen LogP contribution in [0, 0.1) is 30.1 Å². The van der Waals surface area contributed by atoms with Crippen LogP contribution in [0.2, 0.25) is 0 Å². The highest BCUT2D eigenvalue weighted by atomic mass is 19.1. The first kappa shape index (κ1) is 20.8. The van der Waals surface area contributed by atoms with Gasteiger partial charge in [0.1, 0.15) is 12.0 Å². The number of aromatic nitrogens is 4. The van der Waals surface area contributed by atoms with Gasteiger partial charge in [-0.05, 0) is 49.0 Å².